The van der Waals surface area contributed by atoms with Gasteiger partial charge in [0.25, 0.3) is 10.0 Å². The Labute approximate surface area is 120 Å². The van der Waals surface area contributed by atoms with Crippen molar-refractivity contribution in [3.05, 3.63) is 17.0 Å². The van der Waals surface area contributed by atoms with Gasteiger partial charge in [-0.3, -0.25) is 4.90 Å². The van der Waals surface area contributed by atoms with Crippen molar-refractivity contribution in [2.45, 2.75) is 37.4 Å². The average Bonchev–Trinajstić information content (AvgIpc) is 2.88. The van der Waals surface area contributed by atoms with Crippen LogP contribution in [-0.4, -0.2) is 49.8 Å². The Morgan fingerprint density at radius 2 is 1.84 bits per heavy atom. The summed E-state index contributed by atoms with van der Waals surface area (Å²) in [6.07, 6.45) is 0.890. The van der Waals surface area contributed by atoms with Crippen LogP contribution in [0.1, 0.15) is 25.6 Å². The van der Waals surface area contributed by atoms with Gasteiger partial charge in [0.1, 0.15) is 4.21 Å². The van der Waals surface area contributed by atoms with Crippen LogP contribution in [0.3, 0.4) is 0 Å². The van der Waals surface area contributed by atoms with E-state index in [0.717, 1.165) is 24.4 Å². The Morgan fingerprint density at radius 3 is 2.32 bits per heavy atom. The van der Waals surface area contributed by atoms with Gasteiger partial charge in [0.05, 0.1) is 0 Å². The van der Waals surface area contributed by atoms with Gasteiger partial charge in [-0.05, 0) is 32.4 Å². The largest absolute Gasteiger partial charge is 0.298 e. The predicted octanol–water partition coefficient (Wildman–Crippen LogP) is 2.03. The maximum absolute atomic E-state index is 12.5. The number of hydrogen-bond donors (Lipinski definition) is 0. The fourth-order valence-electron chi connectivity index (χ4n) is 2.27. The number of hydrogen-bond acceptors (Lipinski definition) is 4. The van der Waals surface area contributed by atoms with Gasteiger partial charge in [0, 0.05) is 37.1 Å². The average molecular weight is 302 g/mol. The van der Waals surface area contributed by atoms with Crippen molar-refractivity contribution in [3.63, 3.8) is 0 Å². The quantitative estimate of drug-likeness (QED) is 0.854. The molecule has 0 spiro atoms. The second-order valence-corrected chi connectivity index (χ2v) is 8.44. The molecule has 1 fully saturated rings. The van der Waals surface area contributed by atoms with Crippen LogP contribution >= 0.6 is 11.3 Å². The zero-order valence-electron chi connectivity index (χ0n) is 11.8. The van der Waals surface area contributed by atoms with Gasteiger partial charge >= 0.3 is 0 Å². The minimum Gasteiger partial charge on any atom is -0.298 e. The van der Waals surface area contributed by atoms with Crippen LogP contribution in [0.5, 0.6) is 0 Å². The Bertz CT molecular complexity index is 515. The Morgan fingerprint density at radius 1 is 1.21 bits per heavy atom. The number of sulfonamides is 1. The number of piperazine rings is 1. The molecule has 108 valence electrons. The first-order chi connectivity index (χ1) is 8.95. The molecule has 0 atom stereocenters. The van der Waals surface area contributed by atoms with Crippen LogP contribution in [0.2, 0.25) is 0 Å². The smallest absolute Gasteiger partial charge is 0.252 e. The maximum Gasteiger partial charge on any atom is 0.252 e. The molecule has 2 rings (SSSR count). The molecular weight excluding hydrogens is 280 g/mol. The lowest BCUT2D eigenvalue weighted by Crippen LogP contribution is -2.50. The first kappa shape index (κ1) is 15.0. The van der Waals surface area contributed by atoms with E-state index in [9.17, 15) is 8.42 Å². The summed E-state index contributed by atoms with van der Waals surface area (Å²) < 4.78 is 27.1. The zero-order valence-corrected chi connectivity index (χ0v) is 13.4. The molecule has 1 aromatic heterocycles. The number of thiophene rings is 1. The molecule has 19 heavy (non-hydrogen) atoms. The second-order valence-electron chi connectivity index (χ2n) is 5.11. The highest BCUT2D eigenvalue weighted by atomic mass is 32.2. The highest BCUT2D eigenvalue weighted by molar-refractivity contribution is 7.91. The normalized spacial score (nSPS) is 19.2. The van der Waals surface area contributed by atoms with Gasteiger partial charge in [-0.25, -0.2) is 8.42 Å². The molecule has 6 heteroatoms. The van der Waals surface area contributed by atoms with Gasteiger partial charge in [0.2, 0.25) is 0 Å². The van der Waals surface area contributed by atoms with E-state index in [0.29, 0.717) is 23.3 Å². The molecule has 1 saturated heterocycles. The molecule has 0 N–H and O–H groups in total. The maximum atomic E-state index is 12.5. The van der Waals surface area contributed by atoms with Crippen molar-refractivity contribution in [1.29, 1.82) is 0 Å². The molecule has 0 aliphatic carbocycles. The van der Waals surface area contributed by atoms with Crippen molar-refractivity contribution in [2.24, 2.45) is 0 Å². The third kappa shape index (κ3) is 3.18. The molecule has 0 radical (unpaired) electrons. The molecule has 0 unspecified atom stereocenters. The monoisotopic (exact) mass is 302 g/mol. The van der Waals surface area contributed by atoms with E-state index in [1.54, 1.807) is 10.4 Å². The van der Waals surface area contributed by atoms with Crippen molar-refractivity contribution in [1.82, 2.24) is 9.21 Å². The Hall–Kier alpha value is -0.430. The minimum absolute atomic E-state index is 0.485. The fraction of sp³-hybridized carbons (Fsp3) is 0.692. The summed E-state index contributed by atoms with van der Waals surface area (Å²) in [6, 6.07) is 4.15. The Balaban J connectivity index is 2.09. The van der Waals surface area contributed by atoms with E-state index >= 15 is 0 Å². The summed E-state index contributed by atoms with van der Waals surface area (Å²) in [5.74, 6) is 0. The van der Waals surface area contributed by atoms with Gasteiger partial charge in [0.15, 0.2) is 0 Å². The molecule has 0 saturated carbocycles. The first-order valence-corrected chi connectivity index (χ1v) is 9.03. The van der Waals surface area contributed by atoms with Crippen LogP contribution < -0.4 is 0 Å². The first-order valence-electron chi connectivity index (χ1n) is 6.78. The number of aryl methyl sites for hydroxylation is 1. The zero-order chi connectivity index (χ0) is 14.0. The third-order valence-corrected chi connectivity index (χ3v) is 7.18. The van der Waals surface area contributed by atoms with Crippen LogP contribution in [0.4, 0.5) is 0 Å². The molecule has 4 nitrogen and oxygen atoms in total. The van der Waals surface area contributed by atoms with Gasteiger partial charge < -0.3 is 0 Å². The summed E-state index contributed by atoms with van der Waals surface area (Å²) in [5, 5.41) is 0. The lowest BCUT2D eigenvalue weighted by molar-refractivity contribution is 0.154. The van der Waals surface area contributed by atoms with Crippen LogP contribution in [0, 0.1) is 0 Å². The van der Waals surface area contributed by atoms with E-state index in [1.807, 2.05) is 13.0 Å². The molecule has 0 amide bonds. The number of nitrogens with zero attached hydrogens (tertiary/aromatic N) is 2. The molecule has 1 aromatic rings. The third-order valence-electron chi connectivity index (χ3n) is 3.58. The van der Waals surface area contributed by atoms with E-state index in [2.05, 4.69) is 18.7 Å². The molecule has 1 aliphatic heterocycles. The van der Waals surface area contributed by atoms with Gasteiger partial charge in [-0.1, -0.05) is 6.92 Å². The van der Waals surface area contributed by atoms with Crippen LogP contribution in [0.15, 0.2) is 16.3 Å². The summed E-state index contributed by atoms with van der Waals surface area (Å²) in [4.78, 5) is 3.44. The molecule has 1 aliphatic rings. The standard InChI is InChI=1S/C13H22N2O2S2/c1-4-12-5-6-13(18-12)19(16,17)15-9-7-14(8-10-15)11(2)3/h5-6,11H,4,7-10H2,1-3H3. The summed E-state index contributed by atoms with van der Waals surface area (Å²) >= 11 is 1.40. The minimum atomic E-state index is -3.28. The highest BCUT2D eigenvalue weighted by Crippen LogP contribution is 2.26. The second kappa shape index (κ2) is 5.91. The van der Waals surface area contributed by atoms with E-state index < -0.39 is 10.0 Å². The van der Waals surface area contributed by atoms with Gasteiger partial charge in [-0.2, -0.15) is 4.31 Å². The highest BCUT2D eigenvalue weighted by Gasteiger charge is 2.30. The summed E-state index contributed by atoms with van der Waals surface area (Å²) in [6.45, 7) is 9.18. The van der Waals surface area contributed by atoms with Crippen molar-refractivity contribution in [2.75, 3.05) is 26.2 Å². The van der Waals surface area contributed by atoms with Crippen molar-refractivity contribution < 1.29 is 8.42 Å². The lowest BCUT2D eigenvalue weighted by Gasteiger charge is -2.35. The lowest BCUT2D eigenvalue weighted by atomic mass is 10.3. The van der Waals surface area contributed by atoms with E-state index in [1.165, 1.54) is 11.3 Å². The van der Waals surface area contributed by atoms with Crippen molar-refractivity contribution in [3.8, 4) is 0 Å². The SMILES string of the molecule is CCc1ccc(S(=O)(=O)N2CCN(C(C)C)CC2)s1. The fourth-order valence-corrected chi connectivity index (χ4v) is 5.15. The molecule has 0 bridgehead atoms. The van der Waals surface area contributed by atoms with Crippen LogP contribution in [-0.2, 0) is 16.4 Å². The van der Waals surface area contributed by atoms with Gasteiger partial charge in [-0.15, -0.1) is 11.3 Å². The molecular formula is C13H22N2O2S2. The molecule has 0 aromatic carbocycles. The topological polar surface area (TPSA) is 40.6 Å². The summed E-state index contributed by atoms with van der Waals surface area (Å²) in [7, 11) is -3.28. The predicted molar refractivity (Wildman–Crippen MR) is 79.2 cm³/mol. The Kier molecular flexibility index (Phi) is 4.66. The van der Waals surface area contributed by atoms with E-state index in [-0.39, 0.29) is 0 Å². The van der Waals surface area contributed by atoms with E-state index in [4.69, 9.17) is 0 Å². The van der Waals surface area contributed by atoms with Crippen molar-refractivity contribution >= 4 is 21.4 Å². The number of rotatable bonds is 4. The van der Waals surface area contributed by atoms with Crippen LogP contribution in [0.25, 0.3) is 0 Å². The summed E-state index contributed by atoms with van der Waals surface area (Å²) in [5.41, 5.74) is 0. The molecule has 2 heterocycles.